The third-order valence-electron chi connectivity index (χ3n) is 5.19. The lowest BCUT2D eigenvalue weighted by Gasteiger charge is -2.45. The SMILES string of the molecule is Cc1cc(C2NC(=O)C3CC(F)CCC3C2OCCN)ccc1Cl. The van der Waals surface area contributed by atoms with E-state index in [2.05, 4.69) is 5.32 Å². The lowest BCUT2D eigenvalue weighted by molar-refractivity contribution is -0.144. The fourth-order valence-electron chi connectivity index (χ4n) is 3.99. The summed E-state index contributed by atoms with van der Waals surface area (Å²) >= 11 is 6.12. The molecule has 2 fully saturated rings. The molecule has 132 valence electrons. The molecule has 4 nitrogen and oxygen atoms in total. The Labute approximate surface area is 146 Å². The molecular formula is C18H24ClFN2O2. The lowest BCUT2D eigenvalue weighted by atomic mass is 9.70. The standard InChI is InChI=1S/C18H24ClFN2O2/c1-10-8-11(2-5-15(10)19)16-17(24-7-6-21)13-4-3-12(20)9-14(13)18(23)22-16/h2,5,8,12-14,16-17H,3-4,6-7,9,21H2,1H3,(H,22,23). The average Bonchev–Trinajstić information content (AvgIpc) is 2.56. The summed E-state index contributed by atoms with van der Waals surface area (Å²) in [6.07, 6.45) is 0.345. The summed E-state index contributed by atoms with van der Waals surface area (Å²) in [5.74, 6) is -0.369. The normalized spacial score (nSPS) is 33.0. The summed E-state index contributed by atoms with van der Waals surface area (Å²) in [5, 5.41) is 3.73. The van der Waals surface area contributed by atoms with E-state index in [1.54, 1.807) is 0 Å². The molecule has 1 aromatic carbocycles. The van der Waals surface area contributed by atoms with Crippen LogP contribution in [0.4, 0.5) is 4.39 Å². The fourth-order valence-corrected chi connectivity index (χ4v) is 4.10. The van der Waals surface area contributed by atoms with Crippen molar-refractivity contribution in [2.75, 3.05) is 13.2 Å². The van der Waals surface area contributed by atoms with Gasteiger partial charge in [0.1, 0.15) is 6.17 Å². The van der Waals surface area contributed by atoms with Crippen molar-refractivity contribution in [1.29, 1.82) is 0 Å². The Kier molecular flexibility index (Phi) is 5.42. The van der Waals surface area contributed by atoms with E-state index in [1.807, 2.05) is 25.1 Å². The Balaban J connectivity index is 1.91. The van der Waals surface area contributed by atoms with E-state index in [4.69, 9.17) is 22.1 Å². The molecule has 6 heteroatoms. The molecule has 0 radical (unpaired) electrons. The third kappa shape index (κ3) is 3.44. The quantitative estimate of drug-likeness (QED) is 0.873. The van der Waals surface area contributed by atoms with Crippen LogP contribution >= 0.6 is 11.6 Å². The number of aryl methyl sites for hydroxylation is 1. The maximum atomic E-state index is 13.8. The van der Waals surface area contributed by atoms with Crippen molar-refractivity contribution < 1.29 is 13.9 Å². The van der Waals surface area contributed by atoms with Gasteiger partial charge in [0.05, 0.1) is 18.8 Å². The smallest absolute Gasteiger partial charge is 0.224 e. The molecule has 5 unspecified atom stereocenters. The Morgan fingerprint density at radius 3 is 2.92 bits per heavy atom. The molecule has 1 aliphatic heterocycles. The van der Waals surface area contributed by atoms with E-state index in [9.17, 15) is 9.18 Å². The van der Waals surface area contributed by atoms with Gasteiger partial charge < -0.3 is 15.8 Å². The second-order valence-corrected chi connectivity index (χ2v) is 7.21. The van der Waals surface area contributed by atoms with Crippen LogP contribution in [0.3, 0.4) is 0 Å². The second kappa shape index (κ2) is 7.38. The molecule has 24 heavy (non-hydrogen) atoms. The van der Waals surface area contributed by atoms with Crippen LogP contribution in [0, 0.1) is 18.8 Å². The van der Waals surface area contributed by atoms with E-state index in [0.717, 1.165) is 11.1 Å². The van der Waals surface area contributed by atoms with Crippen molar-refractivity contribution in [3.63, 3.8) is 0 Å². The maximum absolute atomic E-state index is 13.8. The minimum Gasteiger partial charge on any atom is -0.374 e. The van der Waals surface area contributed by atoms with Crippen LogP contribution in [0.15, 0.2) is 18.2 Å². The highest BCUT2D eigenvalue weighted by molar-refractivity contribution is 6.31. The number of ether oxygens (including phenoxy) is 1. The number of rotatable bonds is 4. The fraction of sp³-hybridized carbons (Fsp3) is 0.611. The summed E-state index contributed by atoms with van der Waals surface area (Å²) < 4.78 is 19.8. The number of nitrogens with one attached hydrogen (secondary N) is 1. The largest absolute Gasteiger partial charge is 0.374 e. The van der Waals surface area contributed by atoms with E-state index in [0.29, 0.717) is 31.0 Å². The van der Waals surface area contributed by atoms with Crippen LogP contribution in [0.1, 0.15) is 36.4 Å². The molecule has 0 aromatic heterocycles. The van der Waals surface area contributed by atoms with Crippen molar-refractivity contribution >= 4 is 17.5 Å². The van der Waals surface area contributed by atoms with Gasteiger partial charge in [-0.3, -0.25) is 4.79 Å². The zero-order chi connectivity index (χ0) is 17.3. The minimum absolute atomic E-state index is 0.0262. The van der Waals surface area contributed by atoms with Gasteiger partial charge in [-0.1, -0.05) is 23.7 Å². The number of benzene rings is 1. The van der Waals surface area contributed by atoms with Gasteiger partial charge in [-0.05, 0) is 49.3 Å². The number of hydrogen-bond donors (Lipinski definition) is 2. The third-order valence-corrected chi connectivity index (χ3v) is 5.62. The second-order valence-electron chi connectivity index (χ2n) is 6.80. The number of hydrogen-bond acceptors (Lipinski definition) is 3. The molecule has 5 atom stereocenters. The van der Waals surface area contributed by atoms with Gasteiger partial charge >= 0.3 is 0 Å². The van der Waals surface area contributed by atoms with E-state index in [-0.39, 0.29) is 36.3 Å². The van der Waals surface area contributed by atoms with Gasteiger partial charge in [-0.25, -0.2) is 4.39 Å². The molecule has 1 saturated carbocycles. The molecule has 3 rings (SSSR count). The predicted molar refractivity (Wildman–Crippen MR) is 91.6 cm³/mol. The van der Waals surface area contributed by atoms with Crippen molar-refractivity contribution in [2.45, 2.75) is 44.5 Å². The number of amides is 1. The van der Waals surface area contributed by atoms with Gasteiger partial charge in [-0.15, -0.1) is 0 Å². The van der Waals surface area contributed by atoms with Gasteiger partial charge in [0.2, 0.25) is 5.91 Å². The van der Waals surface area contributed by atoms with Crippen LogP contribution in [0.25, 0.3) is 0 Å². The predicted octanol–water partition coefficient (Wildman–Crippen LogP) is 2.92. The number of nitrogens with two attached hydrogens (primary N) is 1. The number of halogens is 2. The Morgan fingerprint density at radius 1 is 1.42 bits per heavy atom. The number of piperidine rings is 1. The molecule has 0 spiro atoms. The number of carbonyl (C=O) groups is 1. The first-order chi connectivity index (χ1) is 11.5. The summed E-state index contributed by atoms with van der Waals surface area (Å²) in [4.78, 5) is 12.5. The van der Waals surface area contributed by atoms with Gasteiger partial charge in [0, 0.05) is 17.5 Å². The molecule has 2 aliphatic rings. The van der Waals surface area contributed by atoms with Crippen molar-refractivity contribution in [1.82, 2.24) is 5.32 Å². The zero-order valence-corrected chi connectivity index (χ0v) is 14.6. The van der Waals surface area contributed by atoms with Crippen LogP contribution in [-0.4, -0.2) is 31.3 Å². The van der Waals surface area contributed by atoms with Gasteiger partial charge in [0.15, 0.2) is 0 Å². The number of fused-ring (bicyclic) bond motifs is 1. The average molecular weight is 355 g/mol. The maximum Gasteiger partial charge on any atom is 0.224 e. The van der Waals surface area contributed by atoms with Crippen molar-refractivity contribution in [2.24, 2.45) is 17.6 Å². The molecule has 0 bridgehead atoms. The molecule has 3 N–H and O–H groups in total. The lowest BCUT2D eigenvalue weighted by Crippen LogP contribution is -2.55. The van der Waals surface area contributed by atoms with E-state index in [1.165, 1.54) is 0 Å². The van der Waals surface area contributed by atoms with E-state index >= 15 is 0 Å². The highest BCUT2D eigenvalue weighted by Gasteiger charge is 2.47. The first-order valence-corrected chi connectivity index (χ1v) is 8.91. The molecule has 1 aliphatic carbocycles. The van der Waals surface area contributed by atoms with E-state index < -0.39 is 6.17 Å². The van der Waals surface area contributed by atoms with Crippen molar-refractivity contribution in [3.05, 3.63) is 34.3 Å². The molecule has 1 aromatic rings. The summed E-state index contributed by atoms with van der Waals surface area (Å²) in [5.41, 5.74) is 7.52. The topological polar surface area (TPSA) is 64.3 Å². The van der Waals surface area contributed by atoms with Crippen molar-refractivity contribution in [3.8, 4) is 0 Å². The summed E-state index contributed by atoms with van der Waals surface area (Å²) in [6, 6.07) is 5.48. The molecular weight excluding hydrogens is 331 g/mol. The first-order valence-electron chi connectivity index (χ1n) is 8.53. The summed E-state index contributed by atoms with van der Waals surface area (Å²) in [7, 11) is 0. The molecule has 1 amide bonds. The monoisotopic (exact) mass is 354 g/mol. The number of alkyl halides is 1. The van der Waals surface area contributed by atoms with Crippen LogP contribution in [0.5, 0.6) is 0 Å². The zero-order valence-electron chi connectivity index (χ0n) is 13.8. The van der Waals surface area contributed by atoms with Gasteiger partial charge in [-0.2, -0.15) is 0 Å². The molecule has 1 saturated heterocycles. The van der Waals surface area contributed by atoms with Crippen LogP contribution < -0.4 is 11.1 Å². The number of carbonyl (C=O) groups excluding carboxylic acids is 1. The minimum atomic E-state index is -0.901. The Hall–Kier alpha value is -1.17. The molecule has 1 heterocycles. The highest BCUT2D eigenvalue weighted by atomic mass is 35.5. The van der Waals surface area contributed by atoms with Crippen LogP contribution in [-0.2, 0) is 9.53 Å². The summed E-state index contributed by atoms with van der Waals surface area (Å²) in [6.45, 7) is 2.77. The first kappa shape index (κ1) is 17.6. The Morgan fingerprint density at radius 2 is 2.21 bits per heavy atom. The van der Waals surface area contributed by atoms with Gasteiger partial charge in [0.25, 0.3) is 0 Å². The highest BCUT2D eigenvalue weighted by Crippen LogP contribution is 2.43. The van der Waals surface area contributed by atoms with Crippen LogP contribution in [0.2, 0.25) is 5.02 Å². The Bertz CT molecular complexity index is 613.